The normalized spacial score (nSPS) is 25.8. The van der Waals surface area contributed by atoms with Crippen LogP contribution in [0.2, 0.25) is 0 Å². The quantitative estimate of drug-likeness (QED) is 0.582. The molecule has 1 aromatic carbocycles. The molecule has 3 atom stereocenters. The van der Waals surface area contributed by atoms with Crippen LogP contribution >= 0.6 is 22.6 Å². The van der Waals surface area contributed by atoms with Crippen molar-refractivity contribution in [3.63, 3.8) is 0 Å². The van der Waals surface area contributed by atoms with E-state index in [0.29, 0.717) is 13.0 Å². The van der Waals surface area contributed by atoms with Crippen LogP contribution in [0.1, 0.15) is 13.3 Å². The second-order valence-corrected chi connectivity index (χ2v) is 7.28. The number of nitrogens with one attached hydrogen (secondary N) is 1. The van der Waals surface area contributed by atoms with Crippen LogP contribution in [0, 0.1) is 11.6 Å². The molecule has 0 amide bonds. The molecule has 1 saturated heterocycles. The molecule has 0 spiro atoms. The number of benzene rings is 1. The van der Waals surface area contributed by atoms with Gasteiger partial charge in [-0.05, 0) is 65.4 Å². The Morgan fingerprint density at radius 3 is 2.58 bits per heavy atom. The van der Waals surface area contributed by atoms with Crippen LogP contribution < -0.4 is 10.2 Å². The van der Waals surface area contributed by atoms with Gasteiger partial charge in [0.2, 0.25) is 6.41 Å². The summed E-state index contributed by atoms with van der Waals surface area (Å²) in [5, 5.41) is 22.6. The van der Waals surface area contributed by atoms with Gasteiger partial charge in [-0.25, -0.2) is 8.78 Å². The molecule has 0 aromatic heterocycles. The number of aliphatic hydroxyl groups is 2. The molecule has 1 aromatic rings. The van der Waals surface area contributed by atoms with E-state index in [1.807, 2.05) is 6.92 Å². The fourth-order valence-corrected chi connectivity index (χ4v) is 3.16. The van der Waals surface area contributed by atoms with E-state index in [9.17, 15) is 19.0 Å². The fraction of sp³-hybridized carbons (Fsp3) is 0.333. The van der Waals surface area contributed by atoms with Gasteiger partial charge in [0, 0.05) is 21.5 Å². The summed E-state index contributed by atoms with van der Waals surface area (Å²) in [5.41, 5.74) is 0.0900. The monoisotopic (exact) mass is 476 g/mol. The summed E-state index contributed by atoms with van der Waals surface area (Å²) in [7, 11) is 0. The van der Waals surface area contributed by atoms with Gasteiger partial charge in [-0.1, -0.05) is 6.92 Å². The average molecular weight is 476 g/mol. The molecule has 2 aliphatic rings. The van der Waals surface area contributed by atoms with Crippen LogP contribution in [0.25, 0.3) is 0 Å². The highest BCUT2D eigenvalue weighted by atomic mass is 127. The predicted molar refractivity (Wildman–Crippen MR) is 104 cm³/mol. The first-order chi connectivity index (χ1) is 12.4. The van der Waals surface area contributed by atoms with Gasteiger partial charge in [0.25, 0.3) is 0 Å². The second kappa shape index (κ2) is 8.03. The molecule has 1 heterocycles. The van der Waals surface area contributed by atoms with Crippen LogP contribution in [-0.4, -0.2) is 35.4 Å². The number of aliphatic hydroxyl groups excluding tert-OH is 2. The molecule has 26 heavy (non-hydrogen) atoms. The van der Waals surface area contributed by atoms with Crippen LogP contribution in [0.4, 0.5) is 20.2 Å². The molecule has 8 heteroatoms. The topological polar surface area (TPSA) is 65.0 Å². The van der Waals surface area contributed by atoms with Gasteiger partial charge >= 0.3 is 0 Å². The molecule has 0 radical (unpaired) electrons. The Hall–Kier alpha value is -1.49. The molecule has 1 aliphatic heterocycles. The van der Waals surface area contributed by atoms with E-state index in [4.69, 9.17) is 4.74 Å². The number of ether oxygens (including phenoxy) is 1. The lowest BCUT2D eigenvalue weighted by Gasteiger charge is -2.22. The van der Waals surface area contributed by atoms with Crippen molar-refractivity contribution >= 4 is 34.0 Å². The molecular formula is C18H19F2IN2O3. The number of hydrogen-bond donors (Lipinski definition) is 3. The molecule has 3 N–H and O–H groups in total. The van der Waals surface area contributed by atoms with Crippen molar-refractivity contribution in [2.75, 3.05) is 16.8 Å². The SMILES string of the molecule is CC[C@H]1CN(c2cc(F)c(NC3=CC=C(I)C=CC3O)c(F)c2)C(O)O1. The lowest BCUT2D eigenvalue weighted by Crippen LogP contribution is -2.30. The summed E-state index contributed by atoms with van der Waals surface area (Å²) >= 11 is 2.08. The van der Waals surface area contributed by atoms with Gasteiger partial charge in [0.1, 0.15) is 11.8 Å². The Labute approximate surface area is 163 Å². The van der Waals surface area contributed by atoms with Gasteiger partial charge in [-0.15, -0.1) is 0 Å². The van der Waals surface area contributed by atoms with Crippen LogP contribution in [0.3, 0.4) is 0 Å². The number of halogens is 3. The maximum atomic E-state index is 14.5. The van der Waals surface area contributed by atoms with Crippen LogP contribution in [-0.2, 0) is 4.74 Å². The molecule has 0 saturated carbocycles. The Kier molecular flexibility index (Phi) is 5.96. The highest BCUT2D eigenvalue weighted by Crippen LogP contribution is 2.31. The molecule has 0 bridgehead atoms. The van der Waals surface area contributed by atoms with E-state index in [1.54, 1.807) is 18.2 Å². The van der Waals surface area contributed by atoms with Crippen molar-refractivity contribution in [3.05, 3.63) is 57.3 Å². The first-order valence-corrected chi connectivity index (χ1v) is 9.26. The van der Waals surface area contributed by atoms with Crippen LogP contribution in [0.15, 0.2) is 45.7 Å². The summed E-state index contributed by atoms with van der Waals surface area (Å²) in [6.07, 6.45) is 4.79. The van der Waals surface area contributed by atoms with E-state index in [0.717, 1.165) is 15.7 Å². The predicted octanol–water partition coefficient (Wildman–Crippen LogP) is 3.40. The van der Waals surface area contributed by atoms with Gasteiger partial charge in [-0.3, -0.25) is 0 Å². The number of hydrogen-bond acceptors (Lipinski definition) is 5. The summed E-state index contributed by atoms with van der Waals surface area (Å²) in [6.45, 7) is 2.26. The highest BCUT2D eigenvalue weighted by Gasteiger charge is 2.31. The third kappa shape index (κ3) is 4.08. The molecule has 3 rings (SSSR count). The maximum absolute atomic E-state index is 14.5. The molecule has 5 nitrogen and oxygen atoms in total. The molecule has 2 unspecified atom stereocenters. The van der Waals surface area contributed by atoms with Crippen molar-refractivity contribution in [2.45, 2.75) is 32.0 Å². The minimum Gasteiger partial charge on any atom is -0.383 e. The third-order valence-electron chi connectivity index (χ3n) is 4.24. The first-order valence-electron chi connectivity index (χ1n) is 8.19. The second-order valence-electron chi connectivity index (χ2n) is 6.03. The van der Waals surface area contributed by atoms with E-state index >= 15 is 0 Å². The Morgan fingerprint density at radius 1 is 1.27 bits per heavy atom. The highest BCUT2D eigenvalue weighted by molar-refractivity contribution is 14.1. The number of anilines is 2. The lowest BCUT2D eigenvalue weighted by atomic mass is 10.2. The zero-order valence-corrected chi connectivity index (χ0v) is 16.2. The number of allylic oxidation sites excluding steroid dienone is 4. The smallest absolute Gasteiger partial charge is 0.238 e. The first kappa shape index (κ1) is 19.3. The Morgan fingerprint density at radius 2 is 1.96 bits per heavy atom. The number of nitrogens with zero attached hydrogens (tertiary/aromatic N) is 1. The minimum atomic E-state index is -1.23. The van der Waals surface area contributed by atoms with Crippen molar-refractivity contribution < 1.29 is 23.7 Å². The van der Waals surface area contributed by atoms with Gasteiger partial charge in [-0.2, -0.15) is 0 Å². The van der Waals surface area contributed by atoms with Gasteiger partial charge in [0.15, 0.2) is 11.6 Å². The van der Waals surface area contributed by atoms with Crippen molar-refractivity contribution in [1.29, 1.82) is 0 Å². The standard InChI is InChI=1S/C18H19F2IN2O3/c1-2-12-9-23(18(25)26-12)11-7-13(19)17(14(20)8-11)22-15-5-3-10(21)4-6-16(15)24/h3-8,12,16,18,22,24-25H,2,9H2,1H3/t12-,16?,18?/m0/s1. The summed E-state index contributed by atoms with van der Waals surface area (Å²) in [5.74, 6) is -1.65. The Bertz CT molecular complexity index is 759. The Balaban J connectivity index is 1.85. The molecule has 140 valence electrons. The summed E-state index contributed by atoms with van der Waals surface area (Å²) in [4.78, 5) is 1.40. The largest absolute Gasteiger partial charge is 0.383 e. The molecule has 1 aliphatic carbocycles. The van der Waals surface area contributed by atoms with E-state index in [-0.39, 0.29) is 23.2 Å². The minimum absolute atomic E-state index is 0.193. The molecule has 1 fully saturated rings. The van der Waals surface area contributed by atoms with Crippen molar-refractivity contribution in [3.8, 4) is 0 Å². The molecular weight excluding hydrogens is 457 g/mol. The fourth-order valence-electron chi connectivity index (χ4n) is 2.77. The third-order valence-corrected chi connectivity index (χ3v) is 4.96. The van der Waals surface area contributed by atoms with Gasteiger partial charge in [0.05, 0.1) is 6.10 Å². The average Bonchev–Trinajstić information content (AvgIpc) is 2.91. The van der Waals surface area contributed by atoms with Crippen LogP contribution in [0.5, 0.6) is 0 Å². The summed E-state index contributed by atoms with van der Waals surface area (Å²) in [6, 6.07) is 2.27. The van der Waals surface area contributed by atoms with Crippen molar-refractivity contribution in [2.24, 2.45) is 0 Å². The zero-order chi connectivity index (χ0) is 18.8. The van der Waals surface area contributed by atoms with E-state index < -0.39 is 24.2 Å². The van der Waals surface area contributed by atoms with E-state index in [1.165, 1.54) is 11.0 Å². The van der Waals surface area contributed by atoms with Gasteiger partial charge < -0.3 is 25.2 Å². The summed E-state index contributed by atoms with van der Waals surface area (Å²) < 4.78 is 35.3. The lowest BCUT2D eigenvalue weighted by molar-refractivity contribution is -0.0887. The van der Waals surface area contributed by atoms with E-state index in [2.05, 4.69) is 27.9 Å². The number of rotatable bonds is 4. The zero-order valence-electron chi connectivity index (χ0n) is 14.0. The van der Waals surface area contributed by atoms with Crippen molar-refractivity contribution in [1.82, 2.24) is 0 Å². The maximum Gasteiger partial charge on any atom is 0.238 e.